The molecule has 1 aromatic rings. The normalized spacial score (nSPS) is 21.2. The van der Waals surface area contributed by atoms with Gasteiger partial charge in [-0.2, -0.15) is 4.31 Å². The van der Waals surface area contributed by atoms with E-state index in [1.807, 2.05) is 0 Å². The maximum atomic E-state index is 13.3. The van der Waals surface area contributed by atoms with Crippen molar-refractivity contribution in [2.24, 2.45) is 5.92 Å². The van der Waals surface area contributed by atoms with Gasteiger partial charge >= 0.3 is 0 Å². The SMILES string of the molecule is O=S(=O)(c1ccc(F)c(F)c1)N1CCC(NCC2CC2)CC1. The van der Waals surface area contributed by atoms with Crippen LogP contribution in [0.2, 0.25) is 0 Å². The Morgan fingerprint density at radius 1 is 1.09 bits per heavy atom. The summed E-state index contributed by atoms with van der Waals surface area (Å²) < 4.78 is 52.5. The number of nitrogens with zero attached hydrogens (tertiary/aromatic N) is 1. The van der Waals surface area contributed by atoms with E-state index < -0.39 is 21.7 Å². The van der Waals surface area contributed by atoms with Crippen molar-refractivity contribution in [3.05, 3.63) is 29.8 Å². The first kappa shape index (κ1) is 15.8. The van der Waals surface area contributed by atoms with Crippen LogP contribution in [-0.2, 0) is 10.0 Å². The highest BCUT2D eigenvalue weighted by Crippen LogP contribution is 2.28. The number of halogens is 2. The van der Waals surface area contributed by atoms with Crippen molar-refractivity contribution in [1.29, 1.82) is 0 Å². The van der Waals surface area contributed by atoms with Gasteiger partial charge in [-0.05, 0) is 56.3 Å². The lowest BCUT2D eigenvalue weighted by atomic mass is 10.1. The fraction of sp³-hybridized carbons (Fsp3) is 0.600. The van der Waals surface area contributed by atoms with Gasteiger partial charge in [-0.25, -0.2) is 17.2 Å². The zero-order chi connectivity index (χ0) is 15.7. The average Bonchev–Trinajstić information content (AvgIpc) is 3.32. The lowest BCUT2D eigenvalue weighted by Gasteiger charge is -2.31. The molecular formula is C15H20F2N2O2S. The van der Waals surface area contributed by atoms with Crippen LogP contribution in [0.3, 0.4) is 0 Å². The molecule has 1 saturated heterocycles. The minimum Gasteiger partial charge on any atom is -0.314 e. The smallest absolute Gasteiger partial charge is 0.243 e. The molecule has 0 bridgehead atoms. The van der Waals surface area contributed by atoms with Crippen molar-refractivity contribution < 1.29 is 17.2 Å². The fourth-order valence-corrected chi connectivity index (χ4v) is 4.22. The van der Waals surface area contributed by atoms with Crippen molar-refractivity contribution >= 4 is 10.0 Å². The van der Waals surface area contributed by atoms with Gasteiger partial charge in [0.25, 0.3) is 0 Å². The highest BCUT2D eigenvalue weighted by molar-refractivity contribution is 7.89. The molecule has 1 heterocycles. The molecule has 1 aromatic carbocycles. The molecule has 2 aliphatic rings. The molecule has 1 aliphatic heterocycles. The van der Waals surface area contributed by atoms with Gasteiger partial charge in [-0.3, -0.25) is 0 Å². The zero-order valence-electron chi connectivity index (χ0n) is 12.3. The van der Waals surface area contributed by atoms with Crippen molar-refractivity contribution in [2.75, 3.05) is 19.6 Å². The Hall–Kier alpha value is -1.05. The maximum Gasteiger partial charge on any atom is 0.243 e. The van der Waals surface area contributed by atoms with Crippen LogP contribution < -0.4 is 5.32 Å². The van der Waals surface area contributed by atoms with Crippen molar-refractivity contribution in [3.63, 3.8) is 0 Å². The summed E-state index contributed by atoms with van der Waals surface area (Å²) in [6, 6.07) is 3.07. The van der Waals surface area contributed by atoms with Crippen LogP contribution in [0.1, 0.15) is 25.7 Å². The molecule has 122 valence electrons. The maximum absolute atomic E-state index is 13.3. The van der Waals surface area contributed by atoms with Gasteiger partial charge in [0.1, 0.15) is 0 Å². The van der Waals surface area contributed by atoms with Crippen molar-refractivity contribution in [1.82, 2.24) is 9.62 Å². The molecule has 0 amide bonds. The molecule has 3 rings (SSSR count). The number of hydrogen-bond acceptors (Lipinski definition) is 3. The molecule has 2 fully saturated rings. The topological polar surface area (TPSA) is 49.4 Å². The van der Waals surface area contributed by atoms with E-state index in [1.165, 1.54) is 17.1 Å². The molecule has 0 spiro atoms. The van der Waals surface area contributed by atoms with Gasteiger partial charge in [-0.15, -0.1) is 0 Å². The van der Waals surface area contributed by atoms with E-state index in [4.69, 9.17) is 0 Å². The van der Waals surface area contributed by atoms with Crippen molar-refractivity contribution in [3.8, 4) is 0 Å². The number of nitrogens with one attached hydrogen (secondary N) is 1. The van der Waals surface area contributed by atoms with Gasteiger partial charge in [0.15, 0.2) is 11.6 Å². The summed E-state index contributed by atoms with van der Waals surface area (Å²) in [6.07, 6.45) is 4.07. The van der Waals surface area contributed by atoms with Crippen molar-refractivity contribution in [2.45, 2.75) is 36.6 Å². The van der Waals surface area contributed by atoms with E-state index in [-0.39, 0.29) is 4.90 Å². The molecule has 0 unspecified atom stereocenters. The lowest BCUT2D eigenvalue weighted by molar-refractivity contribution is 0.288. The quantitative estimate of drug-likeness (QED) is 0.900. The lowest BCUT2D eigenvalue weighted by Crippen LogP contribution is -2.45. The Balaban J connectivity index is 1.62. The van der Waals surface area contributed by atoms with Crippen LogP contribution in [0.15, 0.2) is 23.1 Å². The average molecular weight is 330 g/mol. The van der Waals surface area contributed by atoms with Crippen LogP contribution in [0.5, 0.6) is 0 Å². The molecule has 1 N–H and O–H groups in total. The molecule has 0 atom stereocenters. The van der Waals surface area contributed by atoms with E-state index in [0.29, 0.717) is 19.1 Å². The Kier molecular flexibility index (Phi) is 4.47. The van der Waals surface area contributed by atoms with Crippen LogP contribution >= 0.6 is 0 Å². The Labute approximate surface area is 129 Å². The third-order valence-corrected chi connectivity index (χ3v) is 6.27. The van der Waals surface area contributed by atoms with Gasteiger partial charge in [-0.1, -0.05) is 0 Å². The summed E-state index contributed by atoms with van der Waals surface area (Å²) >= 11 is 0. The first-order chi connectivity index (χ1) is 10.5. The fourth-order valence-electron chi connectivity index (χ4n) is 2.74. The molecule has 7 heteroatoms. The summed E-state index contributed by atoms with van der Waals surface area (Å²) in [5.74, 6) is -1.38. The van der Waals surface area contributed by atoms with Crippen LogP contribution in [0, 0.1) is 17.6 Å². The second-order valence-corrected chi connectivity index (χ2v) is 8.04. The molecule has 1 saturated carbocycles. The van der Waals surface area contributed by atoms with E-state index >= 15 is 0 Å². The molecule has 0 aromatic heterocycles. The highest BCUT2D eigenvalue weighted by Gasteiger charge is 2.30. The standard InChI is InChI=1S/C15H20F2N2O2S/c16-14-4-3-13(9-15(14)17)22(20,21)19-7-5-12(6-8-19)18-10-11-1-2-11/h3-4,9,11-12,18H,1-2,5-8,10H2. The monoisotopic (exact) mass is 330 g/mol. The van der Waals surface area contributed by atoms with Crippen LogP contribution in [0.4, 0.5) is 8.78 Å². The summed E-state index contributed by atoms with van der Waals surface area (Å²) in [5, 5.41) is 3.48. The van der Waals surface area contributed by atoms with E-state index in [0.717, 1.165) is 43.5 Å². The van der Waals surface area contributed by atoms with Crippen LogP contribution in [0.25, 0.3) is 0 Å². The minimum absolute atomic E-state index is 0.184. The number of benzene rings is 1. The largest absolute Gasteiger partial charge is 0.314 e. The van der Waals surface area contributed by atoms with E-state index in [9.17, 15) is 17.2 Å². The third kappa shape index (κ3) is 3.47. The summed E-state index contributed by atoms with van der Waals surface area (Å²) in [5.41, 5.74) is 0. The Morgan fingerprint density at radius 3 is 2.36 bits per heavy atom. The summed E-state index contributed by atoms with van der Waals surface area (Å²) in [6.45, 7) is 1.83. The number of rotatable bonds is 5. The number of piperidine rings is 1. The molecule has 4 nitrogen and oxygen atoms in total. The third-order valence-electron chi connectivity index (χ3n) is 4.37. The molecule has 22 heavy (non-hydrogen) atoms. The zero-order valence-corrected chi connectivity index (χ0v) is 13.1. The van der Waals surface area contributed by atoms with Gasteiger partial charge in [0.2, 0.25) is 10.0 Å². The van der Waals surface area contributed by atoms with Gasteiger partial charge in [0.05, 0.1) is 4.90 Å². The van der Waals surface area contributed by atoms with E-state index in [2.05, 4.69) is 5.32 Å². The Morgan fingerprint density at radius 2 is 1.77 bits per heavy atom. The Bertz CT molecular complexity index is 639. The minimum atomic E-state index is -3.74. The predicted molar refractivity (Wildman–Crippen MR) is 78.9 cm³/mol. The highest BCUT2D eigenvalue weighted by atomic mass is 32.2. The first-order valence-electron chi connectivity index (χ1n) is 7.65. The second-order valence-electron chi connectivity index (χ2n) is 6.11. The van der Waals surface area contributed by atoms with E-state index in [1.54, 1.807) is 0 Å². The molecular weight excluding hydrogens is 310 g/mol. The summed E-state index contributed by atoms with van der Waals surface area (Å²) in [7, 11) is -3.74. The first-order valence-corrected chi connectivity index (χ1v) is 9.09. The van der Waals surface area contributed by atoms with Gasteiger partial charge < -0.3 is 5.32 Å². The van der Waals surface area contributed by atoms with Crippen LogP contribution in [-0.4, -0.2) is 38.4 Å². The van der Waals surface area contributed by atoms with Gasteiger partial charge in [0, 0.05) is 19.1 Å². The second kappa shape index (κ2) is 6.22. The molecule has 1 aliphatic carbocycles. The molecule has 0 radical (unpaired) electrons. The number of hydrogen-bond donors (Lipinski definition) is 1. The summed E-state index contributed by atoms with van der Waals surface area (Å²) in [4.78, 5) is -0.184. The number of sulfonamides is 1. The predicted octanol–water partition coefficient (Wildman–Crippen LogP) is 2.12.